The molecule has 0 bridgehead atoms. The van der Waals surface area contributed by atoms with Crippen LogP contribution in [0, 0.1) is 45.7 Å². The lowest BCUT2D eigenvalue weighted by Crippen LogP contribution is -2.39. The number of fused-ring (bicyclic) bond motifs is 3. The molecule has 0 aromatic heterocycles. The highest BCUT2D eigenvalue weighted by Crippen LogP contribution is 2.73. The van der Waals surface area contributed by atoms with E-state index in [-0.39, 0.29) is 4.75 Å². The third-order valence-electron chi connectivity index (χ3n) is 6.67. The molecule has 6 unspecified atom stereocenters. The third kappa shape index (κ3) is 1.46. The minimum Gasteiger partial charge on any atom is -0.185 e. The maximum Gasteiger partial charge on any atom is 0.133 e. The molecule has 0 amide bonds. The van der Waals surface area contributed by atoms with Crippen molar-refractivity contribution < 1.29 is 0 Å². The van der Waals surface area contributed by atoms with Gasteiger partial charge in [0.05, 0.1) is 0 Å². The maximum atomic E-state index is 9.30. The summed E-state index contributed by atoms with van der Waals surface area (Å²) in [7, 11) is 0. The predicted molar refractivity (Wildman–Crippen MR) is 77.0 cm³/mol. The van der Waals surface area contributed by atoms with Crippen molar-refractivity contribution in [1.82, 2.24) is 0 Å². The summed E-state index contributed by atoms with van der Waals surface area (Å²) in [5.41, 5.74) is 0.546. The molecule has 0 aromatic rings. The first-order chi connectivity index (χ1) is 8.45. The van der Waals surface area contributed by atoms with E-state index in [1.54, 1.807) is 11.8 Å². The van der Waals surface area contributed by atoms with Gasteiger partial charge in [0.25, 0.3) is 0 Å². The topological polar surface area (TPSA) is 23.8 Å². The van der Waals surface area contributed by atoms with Gasteiger partial charge in [-0.15, -0.1) is 0 Å². The van der Waals surface area contributed by atoms with E-state index in [2.05, 4.69) is 33.1 Å². The van der Waals surface area contributed by atoms with Crippen LogP contribution in [0.4, 0.5) is 0 Å². The molecule has 3 aliphatic carbocycles. The van der Waals surface area contributed by atoms with Crippen molar-refractivity contribution in [3.63, 3.8) is 0 Å². The number of hydrogen-bond donors (Lipinski definition) is 0. The van der Waals surface area contributed by atoms with Crippen LogP contribution in [0.15, 0.2) is 0 Å². The zero-order valence-corrected chi connectivity index (χ0v) is 12.9. The van der Waals surface area contributed by atoms with Crippen LogP contribution in [-0.2, 0) is 0 Å². The Bertz CT molecular complexity index is 396. The molecular formula is C16H25NS. The third-order valence-corrected chi connectivity index (χ3v) is 8.02. The Morgan fingerprint density at radius 2 is 1.83 bits per heavy atom. The Morgan fingerprint density at radius 3 is 2.50 bits per heavy atom. The van der Waals surface area contributed by atoms with Crippen molar-refractivity contribution >= 4 is 11.8 Å². The van der Waals surface area contributed by atoms with Crippen molar-refractivity contribution in [2.45, 2.75) is 58.1 Å². The van der Waals surface area contributed by atoms with Gasteiger partial charge in [-0.3, -0.25) is 0 Å². The van der Waals surface area contributed by atoms with Crippen molar-refractivity contribution in [3.05, 3.63) is 0 Å². The molecule has 3 aliphatic rings. The number of nitriles is 1. The van der Waals surface area contributed by atoms with Gasteiger partial charge in [-0.25, -0.2) is 0 Å². The number of thioether (sulfide) groups is 1. The monoisotopic (exact) mass is 263 g/mol. The lowest BCUT2D eigenvalue weighted by molar-refractivity contribution is 0.233. The van der Waals surface area contributed by atoms with E-state index in [1.165, 1.54) is 25.7 Å². The van der Waals surface area contributed by atoms with Crippen LogP contribution in [0.5, 0.6) is 0 Å². The molecule has 0 heterocycles. The fourth-order valence-electron chi connectivity index (χ4n) is 5.54. The van der Waals surface area contributed by atoms with E-state index in [4.69, 9.17) is 0 Å². The second-order valence-electron chi connectivity index (χ2n) is 7.62. The highest BCUT2D eigenvalue weighted by Gasteiger charge is 2.69. The zero-order chi connectivity index (χ0) is 13.1. The van der Waals surface area contributed by atoms with Gasteiger partial charge in [0.2, 0.25) is 0 Å². The smallest absolute Gasteiger partial charge is 0.133 e. The number of thiocyanates is 1. The zero-order valence-electron chi connectivity index (χ0n) is 12.1. The molecular weight excluding hydrogens is 238 g/mol. The first-order valence-electron chi connectivity index (χ1n) is 7.52. The van der Waals surface area contributed by atoms with Crippen LogP contribution in [0.3, 0.4) is 0 Å². The lowest BCUT2D eigenvalue weighted by Gasteiger charge is -2.39. The summed E-state index contributed by atoms with van der Waals surface area (Å²) in [5, 5.41) is 11.8. The summed E-state index contributed by atoms with van der Waals surface area (Å²) in [6, 6.07) is 0. The van der Waals surface area contributed by atoms with Gasteiger partial charge in [0.15, 0.2) is 0 Å². The summed E-state index contributed by atoms with van der Waals surface area (Å²) >= 11 is 1.63. The molecule has 100 valence electrons. The molecule has 3 saturated carbocycles. The second kappa shape index (κ2) is 3.92. The molecule has 1 nitrogen and oxygen atoms in total. The van der Waals surface area contributed by atoms with Crippen molar-refractivity contribution in [2.75, 3.05) is 0 Å². The standard InChI is InChI=1S/C16H25NS/c1-10-7-8-16(18-9-17)11(2)5-6-12-14(13(10)16)15(12,3)4/h10-14H,5-8H2,1-4H3. The van der Waals surface area contributed by atoms with Gasteiger partial charge < -0.3 is 0 Å². The molecule has 0 radical (unpaired) electrons. The first kappa shape index (κ1) is 12.9. The summed E-state index contributed by atoms with van der Waals surface area (Å²) in [6.45, 7) is 9.78. The van der Waals surface area contributed by atoms with Crippen molar-refractivity contribution in [1.29, 1.82) is 5.26 Å². The number of hydrogen-bond acceptors (Lipinski definition) is 2. The van der Waals surface area contributed by atoms with Gasteiger partial charge >= 0.3 is 0 Å². The highest BCUT2D eigenvalue weighted by molar-refractivity contribution is 8.05. The van der Waals surface area contributed by atoms with E-state index in [0.717, 1.165) is 29.6 Å². The second-order valence-corrected chi connectivity index (χ2v) is 8.77. The fraction of sp³-hybridized carbons (Fsp3) is 0.938. The van der Waals surface area contributed by atoms with E-state index in [1.807, 2.05) is 0 Å². The lowest BCUT2D eigenvalue weighted by atomic mass is 9.76. The Balaban J connectivity index is 2.01. The van der Waals surface area contributed by atoms with Crippen LogP contribution < -0.4 is 0 Å². The highest BCUT2D eigenvalue weighted by atomic mass is 32.2. The number of rotatable bonds is 1. The molecule has 0 N–H and O–H groups in total. The van der Waals surface area contributed by atoms with Gasteiger partial charge in [0, 0.05) is 4.75 Å². The van der Waals surface area contributed by atoms with E-state index in [9.17, 15) is 5.26 Å². The van der Waals surface area contributed by atoms with Gasteiger partial charge in [-0.1, -0.05) is 27.7 Å². The van der Waals surface area contributed by atoms with E-state index < -0.39 is 0 Å². The summed E-state index contributed by atoms with van der Waals surface area (Å²) in [6.07, 6.45) is 5.35. The minimum atomic E-state index is 0.279. The van der Waals surface area contributed by atoms with Crippen molar-refractivity contribution in [3.8, 4) is 5.40 Å². The van der Waals surface area contributed by atoms with Gasteiger partial charge in [-0.2, -0.15) is 5.26 Å². The van der Waals surface area contributed by atoms with Gasteiger partial charge in [0.1, 0.15) is 5.40 Å². The average Bonchev–Trinajstić information content (AvgIpc) is 2.73. The normalized spacial score (nSPS) is 52.9. The molecule has 6 atom stereocenters. The van der Waals surface area contributed by atoms with Crippen LogP contribution in [-0.4, -0.2) is 4.75 Å². The predicted octanol–water partition coefficient (Wildman–Crippen LogP) is 4.69. The SMILES string of the molecule is CC1CCC2(SC#N)C(C)CCC3C(C12)C3(C)C. The van der Waals surface area contributed by atoms with Crippen molar-refractivity contribution in [2.24, 2.45) is 35.0 Å². The molecule has 0 aliphatic heterocycles. The Labute approximate surface area is 116 Å². The summed E-state index contributed by atoms with van der Waals surface area (Å²) in [4.78, 5) is 0. The Kier molecular flexibility index (Phi) is 2.80. The van der Waals surface area contributed by atoms with Crippen LogP contribution >= 0.6 is 11.8 Å². The van der Waals surface area contributed by atoms with Crippen LogP contribution in [0.2, 0.25) is 0 Å². The van der Waals surface area contributed by atoms with E-state index >= 15 is 0 Å². The molecule has 3 fully saturated rings. The molecule has 2 heteroatoms. The molecule has 0 aromatic carbocycles. The van der Waals surface area contributed by atoms with Gasteiger partial charge in [-0.05, 0) is 72.4 Å². The quantitative estimate of drug-likeness (QED) is 0.641. The maximum absolute atomic E-state index is 9.30. The fourth-order valence-corrected chi connectivity index (χ4v) is 6.77. The van der Waals surface area contributed by atoms with Crippen LogP contribution in [0.1, 0.15) is 53.4 Å². The molecule has 0 spiro atoms. The van der Waals surface area contributed by atoms with E-state index in [0.29, 0.717) is 5.41 Å². The van der Waals surface area contributed by atoms with Crippen LogP contribution in [0.25, 0.3) is 0 Å². The minimum absolute atomic E-state index is 0.279. The Morgan fingerprint density at radius 1 is 1.11 bits per heavy atom. The first-order valence-corrected chi connectivity index (χ1v) is 8.34. The summed E-state index contributed by atoms with van der Waals surface area (Å²) < 4.78 is 0.279. The number of nitrogens with zero attached hydrogens (tertiary/aromatic N) is 1. The average molecular weight is 263 g/mol. The summed E-state index contributed by atoms with van der Waals surface area (Å²) in [5.74, 6) is 4.16. The molecule has 18 heavy (non-hydrogen) atoms. The Hall–Kier alpha value is -0.160. The molecule has 0 saturated heterocycles. The largest absolute Gasteiger partial charge is 0.185 e. The molecule has 3 rings (SSSR count).